The Bertz CT molecular complexity index is 3170. The molecule has 2 aliphatic carbocycles. The average molecular weight is 771 g/mol. The Morgan fingerprint density at radius 1 is 0.542 bits per heavy atom. The highest BCUT2D eigenvalue weighted by Gasteiger charge is 2.53. The summed E-state index contributed by atoms with van der Waals surface area (Å²) in [5.41, 5.74) is 22.7. The molecule has 8 aromatic rings. The van der Waals surface area contributed by atoms with Gasteiger partial charge in [0.2, 0.25) is 6.71 Å². The molecule has 0 fully saturated rings. The Hall–Kier alpha value is -6.54. The van der Waals surface area contributed by atoms with E-state index in [4.69, 9.17) is 0 Å². The molecule has 0 saturated carbocycles. The van der Waals surface area contributed by atoms with Crippen molar-refractivity contribution in [1.29, 1.82) is 5.26 Å². The molecule has 2 nitrogen and oxygen atoms in total. The van der Waals surface area contributed by atoms with Gasteiger partial charge in [0.05, 0.1) is 22.7 Å². The van der Waals surface area contributed by atoms with Crippen molar-refractivity contribution in [3.63, 3.8) is 0 Å². The molecule has 8 aromatic carbocycles. The molecule has 2 aliphatic heterocycles. The quantitative estimate of drug-likeness (QED) is 0.164. The Kier molecular flexibility index (Phi) is 7.16. The second kappa shape index (κ2) is 12.2. The van der Waals surface area contributed by atoms with Gasteiger partial charge in [-0.3, -0.25) is 0 Å². The van der Waals surface area contributed by atoms with Crippen LogP contribution in [-0.2, 0) is 10.8 Å². The van der Waals surface area contributed by atoms with Crippen molar-refractivity contribution >= 4 is 51.9 Å². The molecule has 4 heteroatoms. The number of nitrogens with zero attached hydrogens (tertiary/aromatic N) is 2. The molecule has 278 valence electrons. The monoisotopic (exact) mass is 770 g/mol. The van der Waals surface area contributed by atoms with Crippen LogP contribution in [0.2, 0.25) is 0 Å². The Balaban J connectivity index is 1.24. The van der Waals surface area contributed by atoms with Crippen molar-refractivity contribution in [2.45, 2.75) is 48.3 Å². The first-order valence-corrected chi connectivity index (χ1v) is 21.4. The minimum atomic E-state index is -0.595. The fraction of sp³-hybridized carbons (Fsp3) is 0.109. The molecule has 0 aromatic heterocycles. The maximum absolute atomic E-state index is 10.3. The predicted molar refractivity (Wildman–Crippen MR) is 246 cm³/mol. The third-order valence-corrected chi connectivity index (χ3v) is 14.5. The highest BCUT2D eigenvalue weighted by Crippen LogP contribution is 2.63. The van der Waals surface area contributed by atoms with E-state index in [1.807, 2.05) is 17.8 Å². The second-order valence-corrected chi connectivity index (χ2v) is 18.7. The van der Waals surface area contributed by atoms with Crippen molar-refractivity contribution in [1.82, 2.24) is 0 Å². The summed E-state index contributed by atoms with van der Waals surface area (Å²) in [6.07, 6.45) is 0. The van der Waals surface area contributed by atoms with Crippen LogP contribution in [0.25, 0.3) is 33.4 Å². The van der Waals surface area contributed by atoms with E-state index in [0.717, 1.165) is 5.69 Å². The lowest BCUT2D eigenvalue weighted by molar-refractivity contribution is 0.590. The van der Waals surface area contributed by atoms with Gasteiger partial charge in [-0.15, -0.1) is 0 Å². The maximum Gasteiger partial charge on any atom is 0.249 e. The normalized spacial score (nSPS) is 16.1. The lowest BCUT2D eigenvalue weighted by Crippen LogP contribution is -2.60. The van der Waals surface area contributed by atoms with E-state index in [1.54, 1.807) is 0 Å². The molecule has 0 saturated heterocycles. The number of hydrogen-bond acceptors (Lipinski definition) is 3. The van der Waals surface area contributed by atoms with Crippen LogP contribution in [0.3, 0.4) is 0 Å². The summed E-state index contributed by atoms with van der Waals surface area (Å²) >= 11 is 1.92. The van der Waals surface area contributed by atoms with Crippen molar-refractivity contribution in [2.24, 2.45) is 0 Å². The van der Waals surface area contributed by atoms with Gasteiger partial charge in [0.25, 0.3) is 0 Å². The molecule has 0 bridgehead atoms. The van der Waals surface area contributed by atoms with E-state index in [1.165, 1.54) is 104 Å². The summed E-state index contributed by atoms with van der Waals surface area (Å²) in [6, 6.07) is 63.7. The molecule has 0 unspecified atom stereocenters. The third kappa shape index (κ3) is 4.66. The van der Waals surface area contributed by atoms with Crippen LogP contribution in [0, 0.1) is 18.3 Å². The van der Waals surface area contributed by atoms with Crippen molar-refractivity contribution in [3.8, 4) is 39.4 Å². The van der Waals surface area contributed by atoms with Crippen LogP contribution in [0.15, 0.2) is 174 Å². The largest absolute Gasteiger partial charge is 0.311 e. The Labute approximate surface area is 350 Å². The summed E-state index contributed by atoms with van der Waals surface area (Å²) in [5, 5.41) is 10.3. The van der Waals surface area contributed by atoms with E-state index in [0.29, 0.717) is 5.56 Å². The van der Waals surface area contributed by atoms with Crippen LogP contribution in [-0.4, -0.2) is 6.71 Å². The molecule has 59 heavy (non-hydrogen) atoms. The SMILES string of the molecule is Cc1cc2c3c(c1)N(c1ccccc1-c1ccccc1)c1cc4c(cc1B3c1cc(C(C)(C)C)ccc1S2)-c1ccccc1[C@@]41c2ccccc2-c2ccc(C#N)cc21. The fourth-order valence-corrected chi connectivity index (χ4v) is 12.1. The first kappa shape index (κ1) is 34.5. The van der Waals surface area contributed by atoms with E-state index >= 15 is 0 Å². The van der Waals surface area contributed by atoms with Gasteiger partial charge in [0, 0.05) is 26.7 Å². The zero-order chi connectivity index (χ0) is 39.8. The summed E-state index contributed by atoms with van der Waals surface area (Å²) < 4.78 is 0. The van der Waals surface area contributed by atoms with Gasteiger partial charge in [-0.25, -0.2) is 0 Å². The van der Waals surface area contributed by atoms with E-state index in [9.17, 15) is 5.26 Å². The molecule has 12 rings (SSSR count). The number of rotatable bonds is 2. The van der Waals surface area contributed by atoms with Crippen LogP contribution in [0.5, 0.6) is 0 Å². The Morgan fingerprint density at radius 2 is 1.20 bits per heavy atom. The van der Waals surface area contributed by atoms with Gasteiger partial charge in [0.1, 0.15) is 0 Å². The molecule has 0 amide bonds. The van der Waals surface area contributed by atoms with Crippen LogP contribution in [0.1, 0.15) is 59.7 Å². The van der Waals surface area contributed by atoms with E-state index < -0.39 is 5.41 Å². The van der Waals surface area contributed by atoms with Gasteiger partial charge in [0.15, 0.2) is 0 Å². The lowest BCUT2D eigenvalue weighted by Gasteiger charge is -2.42. The minimum absolute atomic E-state index is 0.00300. The summed E-state index contributed by atoms with van der Waals surface area (Å²) in [4.78, 5) is 5.24. The number of fused-ring (bicyclic) bond motifs is 14. The summed E-state index contributed by atoms with van der Waals surface area (Å²) in [5.74, 6) is 0. The van der Waals surface area contributed by atoms with Gasteiger partial charge >= 0.3 is 0 Å². The number of para-hydroxylation sites is 1. The number of anilines is 3. The molecule has 0 N–H and O–H groups in total. The topological polar surface area (TPSA) is 27.0 Å². The number of hydrogen-bond donors (Lipinski definition) is 0. The number of aryl methyl sites for hydroxylation is 1. The highest BCUT2D eigenvalue weighted by molar-refractivity contribution is 8.00. The number of benzene rings is 8. The second-order valence-electron chi connectivity index (χ2n) is 17.6. The smallest absolute Gasteiger partial charge is 0.249 e. The molecule has 4 aliphatic rings. The predicted octanol–water partition coefficient (Wildman–Crippen LogP) is 11.9. The van der Waals surface area contributed by atoms with Crippen molar-refractivity contribution in [3.05, 3.63) is 203 Å². The van der Waals surface area contributed by atoms with E-state index in [2.05, 4.69) is 196 Å². The lowest BCUT2D eigenvalue weighted by atomic mass is 9.34. The molecule has 1 spiro atoms. The van der Waals surface area contributed by atoms with Gasteiger partial charge in [-0.2, -0.15) is 5.26 Å². The molecule has 0 radical (unpaired) electrons. The van der Waals surface area contributed by atoms with Crippen molar-refractivity contribution in [2.75, 3.05) is 4.90 Å². The average Bonchev–Trinajstić information content (AvgIpc) is 3.71. The van der Waals surface area contributed by atoms with Gasteiger partial charge < -0.3 is 4.90 Å². The van der Waals surface area contributed by atoms with Gasteiger partial charge in [-0.1, -0.05) is 159 Å². The van der Waals surface area contributed by atoms with Crippen LogP contribution in [0.4, 0.5) is 17.1 Å². The standard InChI is InChI=1S/C55H39BN2S/c1-33-26-50-53-52(27-33)59-51-25-23-36(54(2,3)4)29-47(51)56(53)46-30-41-39-18-9-12-20-43(39)55(42-19-11-8-17-38(42)40-24-22-34(32-57)28-44(40)55)45(41)31-49(46)58(50)48-21-13-10-16-37(48)35-14-6-5-7-15-35/h5-31H,1-4H3/t55-/m1/s1. The Morgan fingerprint density at radius 3 is 1.95 bits per heavy atom. The van der Waals surface area contributed by atoms with E-state index in [-0.39, 0.29) is 12.1 Å². The maximum atomic E-state index is 10.3. The van der Waals surface area contributed by atoms with Crippen molar-refractivity contribution < 1.29 is 0 Å². The minimum Gasteiger partial charge on any atom is -0.311 e. The molecule has 2 heterocycles. The van der Waals surface area contributed by atoms with Crippen LogP contribution >= 0.6 is 11.8 Å². The molecule has 1 atom stereocenters. The first-order chi connectivity index (χ1) is 28.8. The molecular formula is C55H39BN2S. The third-order valence-electron chi connectivity index (χ3n) is 13.3. The first-order valence-electron chi connectivity index (χ1n) is 20.6. The summed E-state index contributed by atoms with van der Waals surface area (Å²) in [6.45, 7) is 9.25. The zero-order valence-electron chi connectivity index (χ0n) is 33.5. The number of nitriles is 1. The van der Waals surface area contributed by atoms with Crippen LogP contribution < -0.4 is 21.3 Å². The zero-order valence-corrected chi connectivity index (χ0v) is 34.3. The molecular weight excluding hydrogens is 731 g/mol. The summed E-state index contributed by atoms with van der Waals surface area (Å²) in [7, 11) is 0. The fourth-order valence-electron chi connectivity index (χ4n) is 10.8. The van der Waals surface area contributed by atoms with Gasteiger partial charge in [-0.05, 0) is 127 Å². The highest BCUT2D eigenvalue weighted by atomic mass is 32.2.